The summed E-state index contributed by atoms with van der Waals surface area (Å²) < 4.78 is 38.8. The fourth-order valence-corrected chi connectivity index (χ4v) is 3.93. The number of halogens is 1. The van der Waals surface area contributed by atoms with Crippen LogP contribution in [0.3, 0.4) is 0 Å². The fraction of sp³-hybridized carbons (Fsp3) is 0.133. The molecule has 2 heterocycles. The van der Waals surface area contributed by atoms with E-state index in [9.17, 15) is 22.4 Å². The van der Waals surface area contributed by atoms with Crippen molar-refractivity contribution in [1.82, 2.24) is 9.29 Å². The standard InChI is InChI=1S/C15H12FN3O4S/c1-19-13(15(21)18-12-8-4-7-11(16)17-12)14(20)9-5-2-3-6-10(9)24(19,22)23/h2-8,13H,1H3,(H,17,18,21). The fourth-order valence-electron chi connectivity index (χ4n) is 2.46. The number of carbonyl (C=O) groups excluding carboxylic acids is 2. The van der Waals surface area contributed by atoms with Crippen LogP contribution in [-0.2, 0) is 14.8 Å². The van der Waals surface area contributed by atoms with Crippen LogP contribution in [0.5, 0.6) is 0 Å². The van der Waals surface area contributed by atoms with E-state index in [0.29, 0.717) is 4.31 Å². The molecule has 0 bridgehead atoms. The van der Waals surface area contributed by atoms with Crippen LogP contribution < -0.4 is 5.32 Å². The predicted octanol–water partition coefficient (Wildman–Crippen LogP) is 1.04. The quantitative estimate of drug-likeness (QED) is 0.646. The lowest BCUT2D eigenvalue weighted by Crippen LogP contribution is -2.53. The Labute approximate surface area is 137 Å². The van der Waals surface area contributed by atoms with E-state index in [2.05, 4.69) is 10.3 Å². The number of pyridine rings is 1. The summed E-state index contributed by atoms with van der Waals surface area (Å²) in [6.07, 6.45) is 0. The van der Waals surface area contributed by atoms with Gasteiger partial charge < -0.3 is 5.32 Å². The highest BCUT2D eigenvalue weighted by Crippen LogP contribution is 2.29. The molecule has 1 unspecified atom stereocenters. The smallest absolute Gasteiger partial charge is 0.252 e. The first-order chi connectivity index (χ1) is 11.3. The number of nitrogens with zero attached hydrogens (tertiary/aromatic N) is 2. The third-order valence-corrected chi connectivity index (χ3v) is 5.52. The maximum absolute atomic E-state index is 13.1. The van der Waals surface area contributed by atoms with Gasteiger partial charge in [-0.1, -0.05) is 18.2 Å². The molecule has 0 aliphatic carbocycles. The van der Waals surface area contributed by atoms with Gasteiger partial charge in [0.15, 0.2) is 11.8 Å². The van der Waals surface area contributed by atoms with Gasteiger partial charge in [0, 0.05) is 12.6 Å². The zero-order valence-electron chi connectivity index (χ0n) is 12.4. The number of nitrogens with one attached hydrogen (secondary N) is 1. The van der Waals surface area contributed by atoms with Gasteiger partial charge in [0.25, 0.3) is 5.91 Å². The lowest BCUT2D eigenvalue weighted by Gasteiger charge is -2.30. The van der Waals surface area contributed by atoms with Gasteiger partial charge in [0.05, 0.1) is 4.90 Å². The van der Waals surface area contributed by atoms with E-state index in [-0.39, 0.29) is 16.3 Å². The average molecular weight is 349 g/mol. The van der Waals surface area contributed by atoms with Crippen molar-refractivity contribution in [2.45, 2.75) is 10.9 Å². The molecule has 1 N–H and O–H groups in total. The molecule has 1 amide bonds. The molecule has 1 aliphatic rings. The SMILES string of the molecule is CN1C(C(=O)Nc2cccc(F)n2)C(=O)c2ccccc2S1(=O)=O. The summed E-state index contributed by atoms with van der Waals surface area (Å²) in [5, 5.41) is 2.26. The number of aromatic nitrogens is 1. The topological polar surface area (TPSA) is 96.4 Å². The van der Waals surface area contributed by atoms with Crippen LogP contribution in [-0.4, -0.2) is 42.5 Å². The van der Waals surface area contributed by atoms with Crippen LogP contribution in [0.4, 0.5) is 10.2 Å². The zero-order valence-corrected chi connectivity index (χ0v) is 13.2. The second-order valence-electron chi connectivity index (χ2n) is 5.12. The van der Waals surface area contributed by atoms with Crippen LogP contribution in [0.1, 0.15) is 10.4 Å². The summed E-state index contributed by atoms with van der Waals surface area (Å²) in [4.78, 5) is 28.3. The first kappa shape index (κ1) is 16.2. The van der Waals surface area contributed by atoms with Crippen molar-refractivity contribution in [3.8, 4) is 0 Å². The number of fused-ring (bicyclic) bond motifs is 1. The zero-order chi connectivity index (χ0) is 17.5. The number of rotatable bonds is 2. The molecule has 1 aromatic heterocycles. The molecule has 0 saturated heterocycles. The van der Waals surface area contributed by atoms with Crippen LogP contribution in [0, 0.1) is 5.95 Å². The highest BCUT2D eigenvalue weighted by molar-refractivity contribution is 7.89. The number of benzene rings is 1. The van der Waals surface area contributed by atoms with E-state index < -0.39 is 33.7 Å². The maximum Gasteiger partial charge on any atom is 0.252 e. The Bertz CT molecular complexity index is 945. The second-order valence-corrected chi connectivity index (χ2v) is 7.08. The van der Waals surface area contributed by atoms with Crippen molar-refractivity contribution in [2.24, 2.45) is 0 Å². The minimum atomic E-state index is -3.99. The second kappa shape index (κ2) is 5.77. The molecule has 1 aliphatic heterocycles. The number of sulfonamides is 1. The molecule has 24 heavy (non-hydrogen) atoms. The third-order valence-electron chi connectivity index (χ3n) is 3.64. The Morgan fingerprint density at radius 2 is 1.92 bits per heavy atom. The number of Topliss-reactive ketones (excluding diaryl/α,β-unsaturated/α-hetero) is 1. The van der Waals surface area contributed by atoms with Gasteiger partial charge in [-0.2, -0.15) is 8.70 Å². The Morgan fingerprint density at radius 3 is 2.62 bits per heavy atom. The monoisotopic (exact) mass is 349 g/mol. The van der Waals surface area contributed by atoms with Gasteiger partial charge in [-0.25, -0.2) is 13.4 Å². The molecule has 1 aromatic carbocycles. The molecule has 3 rings (SSSR count). The molecule has 124 valence electrons. The molecular weight excluding hydrogens is 337 g/mol. The van der Waals surface area contributed by atoms with Crippen LogP contribution in [0.2, 0.25) is 0 Å². The Kier molecular flexibility index (Phi) is 3.90. The lowest BCUT2D eigenvalue weighted by molar-refractivity contribution is -0.118. The summed E-state index contributed by atoms with van der Waals surface area (Å²) in [5.74, 6) is -2.48. The van der Waals surface area contributed by atoms with Gasteiger partial charge in [0.1, 0.15) is 5.82 Å². The van der Waals surface area contributed by atoms with Gasteiger partial charge in [-0.3, -0.25) is 9.59 Å². The highest BCUT2D eigenvalue weighted by Gasteiger charge is 2.45. The maximum atomic E-state index is 13.1. The number of likely N-dealkylation sites (N-methyl/N-ethyl adjacent to an activating group) is 1. The first-order valence-corrected chi connectivity index (χ1v) is 8.31. The summed E-state index contributed by atoms with van der Waals surface area (Å²) in [6, 6.07) is 7.83. The number of ketones is 1. The van der Waals surface area contributed by atoms with E-state index in [4.69, 9.17) is 0 Å². The van der Waals surface area contributed by atoms with Crippen molar-refractivity contribution in [3.63, 3.8) is 0 Å². The minimum absolute atomic E-state index is 0.0528. The van der Waals surface area contributed by atoms with Crippen molar-refractivity contribution in [3.05, 3.63) is 54.0 Å². The van der Waals surface area contributed by atoms with E-state index in [1.165, 1.54) is 36.4 Å². The largest absolute Gasteiger partial charge is 0.309 e. The molecule has 0 spiro atoms. The normalized spacial score (nSPS) is 19.6. The van der Waals surface area contributed by atoms with E-state index >= 15 is 0 Å². The summed E-state index contributed by atoms with van der Waals surface area (Å²) in [5.41, 5.74) is -0.0528. The molecule has 2 aromatic rings. The van der Waals surface area contributed by atoms with Gasteiger partial charge in [-0.15, -0.1) is 0 Å². The average Bonchev–Trinajstić information content (AvgIpc) is 2.53. The van der Waals surface area contributed by atoms with E-state index in [1.807, 2.05) is 0 Å². The van der Waals surface area contributed by atoms with Crippen LogP contribution in [0.15, 0.2) is 47.4 Å². The summed E-state index contributed by atoms with van der Waals surface area (Å²) >= 11 is 0. The van der Waals surface area contributed by atoms with Crippen molar-refractivity contribution in [2.75, 3.05) is 12.4 Å². The molecule has 1 atom stereocenters. The van der Waals surface area contributed by atoms with Crippen molar-refractivity contribution >= 4 is 27.5 Å². The van der Waals surface area contributed by atoms with E-state index in [0.717, 1.165) is 13.1 Å². The Morgan fingerprint density at radius 1 is 1.21 bits per heavy atom. The molecule has 0 saturated carbocycles. The molecule has 9 heteroatoms. The number of anilines is 1. The summed E-state index contributed by atoms with van der Waals surface area (Å²) in [7, 11) is -2.85. The number of carbonyl (C=O) groups is 2. The predicted molar refractivity (Wildman–Crippen MR) is 82.3 cm³/mol. The minimum Gasteiger partial charge on any atom is -0.309 e. The lowest BCUT2D eigenvalue weighted by atomic mass is 10.0. The number of amides is 1. The number of hydrogen-bond acceptors (Lipinski definition) is 5. The molecular formula is C15H12FN3O4S. The van der Waals surface area contributed by atoms with Crippen molar-refractivity contribution < 1.29 is 22.4 Å². The van der Waals surface area contributed by atoms with E-state index in [1.54, 1.807) is 0 Å². The van der Waals surface area contributed by atoms with Crippen LogP contribution in [0.25, 0.3) is 0 Å². The Balaban J connectivity index is 1.99. The number of hydrogen-bond donors (Lipinski definition) is 1. The molecule has 7 nitrogen and oxygen atoms in total. The molecule has 0 fully saturated rings. The molecule has 0 radical (unpaired) electrons. The third kappa shape index (κ3) is 2.57. The van der Waals surface area contributed by atoms with Crippen molar-refractivity contribution in [1.29, 1.82) is 0 Å². The van der Waals surface area contributed by atoms with Gasteiger partial charge in [-0.05, 0) is 24.3 Å². The first-order valence-electron chi connectivity index (χ1n) is 6.87. The van der Waals surface area contributed by atoms with Crippen LogP contribution >= 0.6 is 0 Å². The summed E-state index contributed by atoms with van der Waals surface area (Å²) in [6.45, 7) is 0. The Hall–Kier alpha value is -2.65. The van der Waals surface area contributed by atoms with Gasteiger partial charge in [0.2, 0.25) is 16.0 Å². The van der Waals surface area contributed by atoms with Gasteiger partial charge >= 0.3 is 0 Å². The highest BCUT2D eigenvalue weighted by atomic mass is 32.2.